The molecule has 0 aliphatic rings. The summed E-state index contributed by atoms with van der Waals surface area (Å²) < 4.78 is 0. The van der Waals surface area contributed by atoms with Gasteiger partial charge in [-0.25, -0.2) is 0 Å². The van der Waals surface area contributed by atoms with Gasteiger partial charge in [0.15, 0.2) is 0 Å². The van der Waals surface area contributed by atoms with Crippen LogP contribution < -0.4 is 5.32 Å². The van der Waals surface area contributed by atoms with Crippen LogP contribution in [0.25, 0.3) is 0 Å². The maximum absolute atomic E-state index is 11.6. The van der Waals surface area contributed by atoms with Crippen molar-refractivity contribution in [2.75, 3.05) is 0 Å². The van der Waals surface area contributed by atoms with Crippen LogP contribution in [0.4, 0.5) is 0 Å². The van der Waals surface area contributed by atoms with Crippen molar-refractivity contribution in [2.45, 2.75) is 66.0 Å². The SMILES string of the molecule is CC(C)(C)CC(C)(C)NC(=O)C(C)(C)O. The Balaban J connectivity index is 4.46. The van der Waals surface area contributed by atoms with E-state index in [-0.39, 0.29) is 16.9 Å². The van der Waals surface area contributed by atoms with Crippen molar-refractivity contribution in [1.29, 1.82) is 0 Å². The molecule has 0 aromatic carbocycles. The van der Waals surface area contributed by atoms with E-state index < -0.39 is 5.60 Å². The molecule has 90 valence electrons. The first-order valence-corrected chi connectivity index (χ1v) is 5.38. The zero-order valence-electron chi connectivity index (χ0n) is 11.1. The molecule has 0 aliphatic heterocycles. The van der Waals surface area contributed by atoms with Crippen LogP contribution in [-0.2, 0) is 4.79 Å². The standard InChI is InChI=1S/C12H25NO2/c1-10(2,3)8-11(4,5)13-9(14)12(6,7)15/h15H,8H2,1-7H3,(H,13,14). The van der Waals surface area contributed by atoms with Gasteiger partial charge in [-0.2, -0.15) is 0 Å². The van der Waals surface area contributed by atoms with Gasteiger partial charge in [0.2, 0.25) is 0 Å². The second kappa shape index (κ2) is 4.12. The summed E-state index contributed by atoms with van der Waals surface area (Å²) in [7, 11) is 0. The number of aliphatic hydroxyl groups is 1. The molecule has 3 nitrogen and oxygen atoms in total. The smallest absolute Gasteiger partial charge is 0.251 e. The van der Waals surface area contributed by atoms with E-state index in [2.05, 4.69) is 26.1 Å². The molecule has 0 aromatic heterocycles. The molecule has 0 saturated heterocycles. The van der Waals surface area contributed by atoms with Gasteiger partial charge in [-0.05, 0) is 39.5 Å². The molecule has 0 radical (unpaired) electrons. The van der Waals surface area contributed by atoms with Gasteiger partial charge in [0.05, 0.1) is 0 Å². The molecule has 0 atom stereocenters. The summed E-state index contributed by atoms with van der Waals surface area (Å²) in [4.78, 5) is 11.6. The van der Waals surface area contributed by atoms with Gasteiger partial charge in [0.1, 0.15) is 5.60 Å². The molecule has 2 N–H and O–H groups in total. The highest BCUT2D eigenvalue weighted by Crippen LogP contribution is 2.27. The molecule has 0 spiro atoms. The van der Waals surface area contributed by atoms with E-state index in [0.717, 1.165) is 6.42 Å². The Morgan fingerprint density at radius 2 is 1.47 bits per heavy atom. The molecule has 0 heterocycles. The topological polar surface area (TPSA) is 49.3 Å². The zero-order chi connectivity index (χ0) is 12.5. The number of carbonyl (C=O) groups is 1. The Morgan fingerprint density at radius 1 is 1.07 bits per heavy atom. The molecule has 0 saturated carbocycles. The van der Waals surface area contributed by atoms with E-state index in [1.807, 2.05) is 13.8 Å². The summed E-state index contributed by atoms with van der Waals surface area (Å²) in [6, 6.07) is 0. The van der Waals surface area contributed by atoms with Crippen molar-refractivity contribution in [3.8, 4) is 0 Å². The minimum Gasteiger partial charge on any atom is -0.381 e. The normalized spacial score (nSPS) is 13.9. The third-order valence-corrected chi connectivity index (χ3v) is 1.98. The van der Waals surface area contributed by atoms with Gasteiger partial charge in [0.25, 0.3) is 5.91 Å². The van der Waals surface area contributed by atoms with E-state index in [1.165, 1.54) is 13.8 Å². The van der Waals surface area contributed by atoms with Gasteiger partial charge in [-0.3, -0.25) is 4.79 Å². The Kier molecular flexibility index (Phi) is 3.97. The van der Waals surface area contributed by atoms with E-state index in [1.54, 1.807) is 0 Å². The first kappa shape index (κ1) is 14.4. The molecule has 1 amide bonds. The van der Waals surface area contributed by atoms with E-state index in [0.29, 0.717) is 0 Å². The van der Waals surface area contributed by atoms with Gasteiger partial charge in [-0.1, -0.05) is 20.8 Å². The molecular weight excluding hydrogens is 190 g/mol. The van der Waals surface area contributed by atoms with Crippen molar-refractivity contribution < 1.29 is 9.90 Å². The second-order valence-electron chi connectivity index (χ2n) is 6.63. The fourth-order valence-electron chi connectivity index (χ4n) is 1.83. The number of nitrogens with one attached hydrogen (secondary N) is 1. The quantitative estimate of drug-likeness (QED) is 0.757. The van der Waals surface area contributed by atoms with Crippen LogP contribution in [0.15, 0.2) is 0 Å². The Labute approximate surface area is 93.3 Å². The highest BCUT2D eigenvalue weighted by atomic mass is 16.3. The van der Waals surface area contributed by atoms with Crippen LogP contribution in [0.1, 0.15) is 54.9 Å². The van der Waals surface area contributed by atoms with Crippen LogP contribution in [0.5, 0.6) is 0 Å². The molecule has 0 bridgehead atoms. The van der Waals surface area contributed by atoms with Crippen LogP contribution in [0, 0.1) is 5.41 Å². The predicted molar refractivity (Wildman–Crippen MR) is 62.6 cm³/mol. The molecule has 0 fully saturated rings. The zero-order valence-corrected chi connectivity index (χ0v) is 11.1. The number of rotatable bonds is 3. The molecular formula is C12H25NO2. The van der Waals surface area contributed by atoms with Crippen molar-refractivity contribution in [2.24, 2.45) is 5.41 Å². The Bertz CT molecular complexity index is 231. The van der Waals surface area contributed by atoms with Gasteiger partial charge in [0, 0.05) is 5.54 Å². The molecule has 0 rings (SSSR count). The molecule has 0 aromatic rings. The largest absolute Gasteiger partial charge is 0.381 e. The first-order chi connectivity index (χ1) is 6.33. The van der Waals surface area contributed by atoms with Crippen molar-refractivity contribution >= 4 is 5.91 Å². The predicted octanol–water partition coefficient (Wildman–Crippen LogP) is 2.09. The van der Waals surface area contributed by atoms with Crippen molar-refractivity contribution in [3.05, 3.63) is 0 Å². The lowest BCUT2D eigenvalue weighted by molar-refractivity contribution is -0.138. The molecule has 0 aliphatic carbocycles. The van der Waals surface area contributed by atoms with E-state index >= 15 is 0 Å². The summed E-state index contributed by atoms with van der Waals surface area (Å²) >= 11 is 0. The Morgan fingerprint density at radius 3 is 1.73 bits per heavy atom. The number of amides is 1. The van der Waals surface area contributed by atoms with E-state index in [4.69, 9.17) is 0 Å². The van der Waals surface area contributed by atoms with Crippen molar-refractivity contribution in [1.82, 2.24) is 5.32 Å². The lowest BCUT2D eigenvalue weighted by atomic mass is 9.81. The summed E-state index contributed by atoms with van der Waals surface area (Å²) in [5.74, 6) is -0.322. The second-order valence-corrected chi connectivity index (χ2v) is 6.63. The lowest BCUT2D eigenvalue weighted by Crippen LogP contribution is -2.52. The van der Waals surface area contributed by atoms with Gasteiger partial charge in [-0.15, -0.1) is 0 Å². The third kappa shape index (κ3) is 6.50. The van der Waals surface area contributed by atoms with E-state index in [9.17, 15) is 9.90 Å². The van der Waals surface area contributed by atoms with Crippen molar-refractivity contribution in [3.63, 3.8) is 0 Å². The lowest BCUT2D eigenvalue weighted by Gasteiger charge is -2.35. The van der Waals surface area contributed by atoms with Crippen LogP contribution in [0.3, 0.4) is 0 Å². The summed E-state index contributed by atoms with van der Waals surface area (Å²) in [5.41, 5.74) is -1.46. The highest BCUT2D eigenvalue weighted by Gasteiger charge is 2.32. The summed E-state index contributed by atoms with van der Waals surface area (Å²) in [5, 5.41) is 12.4. The summed E-state index contributed by atoms with van der Waals surface area (Å²) in [6.45, 7) is 13.3. The highest BCUT2D eigenvalue weighted by molar-refractivity contribution is 5.84. The van der Waals surface area contributed by atoms with Crippen LogP contribution in [0.2, 0.25) is 0 Å². The fourth-order valence-corrected chi connectivity index (χ4v) is 1.83. The maximum atomic E-state index is 11.6. The minimum absolute atomic E-state index is 0.149. The monoisotopic (exact) mass is 215 g/mol. The number of hydrogen-bond donors (Lipinski definition) is 2. The first-order valence-electron chi connectivity index (χ1n) is 5.38. The average Bonchev–Trinajstić information content (AvgIpc) is 1.76. The van der Waals surface area contributed by atoms with Crippen LogP contribution in [-0.4, -0.2) is 22.2 Å². The number of hydrogen-bond acceptors (Lipinski definition) is 2. The van der Waals surface area contributed by atoms with Gasteiger partial charge >= 0.3 is 0 Å². The molecule has 0 unspecified atom stereocenters. The maximum Gasteiger partial charge on any atom is 0.251 e. The minimum atomic E-state index is -1.31. The van der Waals surface area contributed by atoms with Gasteiger partial charge < -0.3 is 10.4 Å². The fraction of sp³-hybridized carbons (Fsp3) is 0.917. The molecule has 3 heteroatoms. The van der Waals surface area contributed by atoms with Crippen LogP contribution >= 0.6 is 0 Å². The number of carbonyl (C=O) groups excluding carboxylic acids is 1. The third-order valence-electron chi connectivity index (χ3n) is 1.98. The molecule has 15 heavy (non-hydrogen) atoms. The summed E-state index contributed by atoms with van der Waals surface area (Å²) in [6.07, 6.45) is 0.863. The average molecular weight is 215 g/mol. The Hall–Kier alpha value is -0.570.